The average Bonchev–Trinajstić information content (AvgIpc) is 3.03. The van der Waals surface area contributed by atoms with Crippen molar-refractivity contribution < 1.29 is 4.79 Å². The van der Waals surface area contributed by atoms with Crippen molar-refractivity contribution in [3.05, 3.63) is 67.0 Å². The first kappa shape index (κ1) is 18.1. The maximum absolute atomic E-state index is 11.9. The van der Waals surface area contributed by atoms with Crippen molar-refractivity contribution in [2.75, 3.05) is 5.32 Å². The molecule has 0 unspecified atom stereocenters. The van der Waals surface area contributed by atoms with Gasteiger partial charge in [-0.1, -0.05) is 30.9 Å². The number of nitrogens with one attached hydrogen (secondary N) is 3. The predicted octanol–water partition coefficient (Wildman–Crippen LogP) is 3.65. The molecule has 2 amide bonds. The number of benzene rings is 1. The highest BCUT2D eigenvalue weighted by Crippen LogP contribution is 2.29. The van der Waals surface area contributed by atoms with E-state index in [-0.39, 0.29) is 12.1 Å². The van der Waals surface area contributed by atoms with E-state index in [0.717, 1.165) is 22.4 Å². The first-order chi connectivity index (χ1) is 12.0. The second kappa shape index (κ2) is 8.54. The molecule has 6 heteroatoms. The monoisotopic (exact) mass is 337 g/mol. The van der Waals surface area contributed by atoms with Gasteiger partial charge in [0.25, 0.3) is 0 Å². The quantitative estimate of drug-likeness (QED) is 0.606. The van der Waals surface area contributed by atoms with E-state index in [2.05, 4.69) is 27.4 Å². The first-order valence-electron chi connectivity index (χ1n) is 7.98. The molecule has 0 saturated heterocycles. The van der Waals surface area contributed by atoms with Crippen LogP contribution in [0, 0.1) is 0 Å². The molecule has 2 rings (SSSR count). The number of anilines is 1. The van der Waals surface area contributed by atoms with Gasteiger partial charge in [-0.15, -0.1) is 0 Å². The number of nitrogens with zero attached hydrogens (tertiary/aromatic N) is 1. The summed E-state index contributed by atoms with van der Waals surface area (Å²) in [4.78, 5) is 11.9. The largest absolute Gasteiger partial charge is 0.405 e. The van der Waals surface area contributed by atoms with Crippen molar-refractivity contribution in [2.24, 2.45) is 5.73 Å². The smallest absolute Gasteiger partial charge is 0.319 e. The van der Waals surface area contributed by atoms with E-state index in [9.17, 15) is 4.79 Å². The molecule has 25 heavy (non-hydrogen) atoms. The number of nitrogens with two attached hydrogens (primary N) is 1. The van der Waals surface area contributed by atoms with Crippen molar-refractivity contribution in [1.82, 2.24) is 15.5 Å². The zero-order valence-electron chi connectivity index (χ0n) is 14.4. The fourth-order valence-corrected chi connectivity index (χ4v) is 2.37. The zero-order chi connectivity index (χ0) is 18.2. The Hall–Kier alpha value is -3.28. The van der Waals surface area contributed by atoms with E-state index in [4.69, 9.17) is 5.73 Å². The van der Waals surface area contributed by atoms with E-state index >= 15 is 0 Å². The van der Waals surface area contributed by atoms with Crippen molar-refractivity contribution in [3.63, 3.8) is 0 Å². The molecule has 5 N–H and O–H groups in total. The molecular formula is C19H23N5O. The van der Waals surface area contributed by atoms with Gasteiger partial charge >= 0.3 is 6.03 Å². The van der Waals surface area contributed by atoms with Crippen molar-refractivity contribution in [2.45, 2.75) is 19.9 Å². The van der Waals surface area contributed by atoms with Crippen LogP contribution in [0.5, 0.6) is 0 Å². The van der Waals surface area contributed by atoms with Crippen molar-refractivity contribution in [3.8, 4) is 11.3 Å². The Kier molecular flexibility index (Phi) is 6.17. The number of hydrogen-bond acceptors (Lipinski definition) is 3. The molecule has 0 bridgehead atoms. The molecule has 1 aromatic heterocycles. The van der Waals surface area contributed by atoms with E-state index < -0.39 is 0 Å². The molecule has 0 atom stereocenters. The molecular weight excluding hydrogens is 314 g/mol. The van der Waals surface area contributed by atoms with Crippen LogP contribution in [0.1, 0.15) is 19.4 Å². The number of amides is 2. The summed E-state index contributed by atoms with van der Waals surface area (Å²) in [6.45, 7) is 7.54. The average molecular weight is 337 g/mol. The lowest BCUT2D eigenvalue weighted by Crippen LogP contribution is -2.34. The summed E-state index contributed by atoms with van der Waals surface area (Å²) < 4.78 is 0. The molecule has 0 aliphatic rings. The Balaban J connectivity index is 2.33. The maximum atomic E-state index is 11.9. The van der Waals surface area contributed by atoms with Gasteiger partial charge in [-0.3, -0.25) is 5.10 Å². The summed E-state index contributed by atoms with van der Waals surface area (Å²) in [6.07, 6.45) is 8.61. The van der Waals surface area contributed by atoms with Gasteiger partial charge < -0.3 is 16.4 Å². The second-order valence-corrected chi connectivity index (χ2v) is 5.70. The number of H-pyrrole nitrogens is 1. The summed E-state index contributed by atoms with van der Waals surface area (Å²) in [5.74, 6) is 0. The SMILES string of the molecule is C=C/C=C(\C=C/N)c1c[nH]nc1-c1cccc(NC(=O)NC(C)C)c1. The van der Waals surface area contributed by atoms with E-state index in [1.807, 2.05) is 44.2 Å². The van der Waals surface area contributed by atoms with E-state index in [0.29, 0.717) is 5.69 Å². The highest BCUT2D eigenvalue weighted by molar-refractivity contribution is 5.91. The van der Waals surface area contributed by atoms with Gasteiger partial charge in [0.2, 0.25) is 0 Å². The van der Waals surface area contributed by atoms with Crippen LogP contribution in [-0.4, -0.2) is 22.3 Å². The third-order valence-corrected chi connectivity index (χ3v) is 3.34. The number of urea groups is 1. The maximum Gasteiger partial charge on any atom is 0.319 e. The topological polar surface area (TPSA) is 95.8 Å². The third kappa shape index (κ3) is 4.84. The van der Waals surface area contributed by atoms with Crippen LogP contribution < -0.4 is 16.4 Å². The molecule has 6 nitrogen and oxygen atoms in total. The van der Waals surface area contributed by atoms with Crippen molar-refractivity contribution >= 4 is 17.3 Å². The van der Waals surface area contributed by atoms with Gasteiger partial charge in [0.05, 0.1) is 5.69 Å². The van der Waals surface area contributed by atoms with Crippen LogP contribution in [0.25, 0.3) is 16.8 Å². The van der Waals surface area contributed by atoms with Gasteiger partial charge in [0.1, 0.15) is 0 Å². The Morgan fingerprint density at radius 2 is 2.20 bits per heavy atom. The van der Waals surface area contributed by atoms with Crippen LogP contribution in [0.4, 0.5) is 10.5 Å². The molecule has 0 fully saturated rings. The molecule has 0 saturated carbocycles. The Morgan fingerprint density at radius 1 is 1.40 bits per heavy atom. The number of aromatic nitrogens is 2. The number of carbonyl (C=O) groups excluding carboxylic acids is 1. The second-order valence-electron chi connectivity index (χ2n) is 5.70. The molecule has 1 aromatic carbocycles. The fourth-order valence-electron chi connectivity index (χ4n) is 2.37. The number of allylic oxidation sites excluding steroid dienone is 4. The van der Waals surface area contributed by atoms with Gasteiger partial charge in [-0.2, -0.15) is 5.10 Å². The van der Waals surface area contributed by atoms with Crippen LogP contribution >= 0.6 is 0 Å². The summed E-state index contributed by atoms with van der Waals surface area (Å²) in [6, 6.07) is 7.33. The van der Waals surface area contributed by atoms with E-state index in [1.54, 1.807) is 18.3 Å². The van der Waals surface area contributed by atoms with Crippen LogP contribution in [0.15, 0.2) is 61.5 Å². The van der Waals surface area contributed by atoms with E-state index in [1.165, 1.54) is 6.20 Å². The highest BCUT2D eigenvalue weighted by atomic mass is 16.2. The fraction of sp³-hybridized carbons (Fsp3) is 0.158. The molecule has 0 aliphatic carbocycles. The summed E-state index contributed by atoms with van der Waals surface area (Å²) in [5.41, 5.74) is 9.64. The lowest BCUT2D eigenvalue weighted by Gasteiger charge is -2.11. The summed E-state index contributed by atoms with van der Waals surface area (Å²) >= 11 is 0. The minimum atomic E-state index is -0.243. The van der Waals surface area contributed by atoms with Gasteiger partial charge in [0.15, 0.2) is 0 Å². The lowest BCUT2D eigenvalue weighted by molar-refractivity contribution is 0.250. The molecule has 130 valence electrons. The van der Waals surface area contributed by atoms with Crippen LogP contribution in [0.3, 0.4) is 0 Å². The van der Waals surface area contributed by atoms with Crippen molar-refractivity contribution in [1.29, 1.82) is 0 Å². The highest BCUT2D eigenvalue weighted by Gasteiger charge is 2.12. The lowest BCUT2D eigenvalue weighted by atomic mass is 10.0. The Morgan fingerprint density at radius 3 is 2.88 bits per heavy atom. The first-order valence-corrected chi connectivity index (χ1v) is 7.98. The Bertz CT molecular complexity index is 802. The number of aromatic amines is 1. The van der Waals surface area contributed by atoms with Gasteiger partial charge in [0, 0.05) is 29.1 Å². The van der Waals surface area contributed by atoms with Crippen LogP contribution in [-0.2, 0) is 0 Å². The van der Waals surface area contributed by atoms with Gasteiger partial charge in [-0.25, -0.2) is 4.79 Å². The molecule has 0 aliphatic heterocycles. The van der Waals surface area contributed by atoms with Gasteiger partial charge in [-0.05, 0) is 43.8 Å². The summed E-state index contributed by atoms with van der Waals surface area (Å²) in [7, 11) is 0. The predicted molar refractivity (Wildman–Crippen MR) is 103 cm³/mol. The number of rotatable bonds is 6. The molecule has 1 heterocycles. The number of hydrogen-bond donors (Lipinski definition) is 4. The van der Waals surface area contributed by atoms with Crippen LogP contribution in [0.2, 0.25) is 0 Å². The standard InChI is InChI=1S/C19H23N5O/c1-4-6-14(9-10-20)17-12-21-24-18(17)15-7-5-8-16(11-15)23-19(25)22-13(2)3/h4-13H,1,20H2,2-3H3,(H,21,24)(H2,22,23,25)/b10-9-,14-6+. The Labute approximate surface area is 147 Å². The molecule has 2 aromatic rings. The minimum absolute atomic E-state index is 0.0655. The third-order valence-electron chi connectivity index (χ3n) is 3.34. The molecule has 0 spiro atoms. The summed E-state index contributed by atoms with van der Waals surface area (Å²) in [5, 5.41) is 12.8. The zero-order valence-corrected chi connectivity index (χ0v) is 14.4. The normalized spacial score (nSPS) is 11.7. The number of carbonyl (C=O) groups is 1. The molecule has 0 radical (unpaired) electrons. The minimum Gasteiger partial charge on any atom is -0.405 e.